The Labute approximate surface area is 109 Å². The van der Waals surface area contributed by atoms with E-state index in [1.807, 2.05) is 0 Å². The predicted octanol–water partition coefficient (Wildman–Crippen LogP) is 3.20. The molecule has 0 amide bonds. The summed E-state index contributed by atoms with van der Waals surface area (Å²) in [6.45, 7) is 0. The lowest BCUT2D eigenvalue weighted by Gasteiger charge is -2.06. The number of nitrogen functional groups attached to an aromatic ring is 1. The zero-order valence-electron chi connectivity index (χ0n) is 9.68. The molecule has 0 bridgehead atoms. The van der Waals surface area contributed by atoms with Gasteiger partial charge in [-0.1, -0.05) is 0 Å². The van der Waals surface area contributed by atoms with Gasteiger partial charge in [-0.05, 0) is 12.1 Å². The van der Waals surface area contributed by atoms with Gasteiger partial charge < -0.3 is 5.73 Å². The fourth-order valence-corrected chi connectivity index (χ4v) is 1.58. The Bertz CT molecular complexity index is 655. The minimum Gasteiger partial charge on any atom is -0.396 e. The molecule has 7 heteroatoms. The van der Waals surface area contributed by atoms with Crippen molar-refractivity contribution >= 4 is 11.5 Å². The molecule has 2 aromatic carbocycles. The van der Waals surface area contributed by atoms with Gasteiger partial charge in [0.05, 0.1) is 16.8 Å². The number of anilines is 1. The molecule has 0 aliphatic carbocycles. The zero-order chi connectivity index (χ0) is 15.0. The van der Waals surface area contributed by atoms with Gasteiger partial charge in [0.25, 0.3) is 0 Å². The number of hydrogen-bond donors (Lipinski definition) is 1. The normalized spacial score (nSPS) is 10.7. The van der Waals surface area contributed by atoms with Crippen LogP contribution in [0.4, 0.5) is 27.6 Å². The van der Waals surface area contributed by atoms with E-state index < -0.39 is 51.7 Å². The quantitative estimate of drug-likeness (QED) is 0.399. The van der Waals surface area contributed by atoms with Crippen LogP contribution in [-0.2, 0) is 0 Å². The number of hydrogen-bond acceptors (Lipinski definition) is 2. The van der Waals surface area contributed by atoms with Crippen LogP contribution in [0.3, 0.4) is 0 Å². The van der Waals surface area contributed by atoms with E-state index in [2.05, 4.69) is 0 Å². The number of benzene rings is 2. The number of ketones is 1. The van der Waals surface area contributed by atoms with Crippen molar-refractivity contribution in [1.29, 1.82) is 0 Å². The van der Waals surface area contributed by atoms with E-state index in [1.54, 1.807) is 0 Å². The third-order valence-corrected chi connectivity index (χ3v) is 2.59. The number of carbonyl (C=O) groups is 1. The highest BCUT2D eigenvalue weighted by molar-refractivity contribution is 6.09. The van der Waals surface area contributed by atoms with E-state index in [0.29, 0.717) is 12.1 Å². The maximum absolute atomic E-state index is 13.5. The second-order valence-electron chi connectivity index (χ2n) is 3.93. The monoisotopic (exact) mass is 287 g/mol. The molecule has 0 saturated carbocycles. The Morgan fingerprint density at radius 3 is 1.75 bits per heavy atom. The molecule has 0 aromatic heterocycles. The van der Waals surface area contributed by atoms with Crippen LogP contribution in [0.5, 0.6) is 0 Å². The fraction of sp³-hybridized carbons (Fsp3) is 0. The van der Waals surface area contributed by atoms with Gasteiger partial charge in [-0.2, -0.15) is 0 Å². The minimum atomic E-state index is -1.50. The largest absolute Gasteiger partial charge is 0.396 e. The van der Waals surface area contributed by atoms with Gasteiger partial charge in [-0.25, -0.2) is 22.0 Å². The molecular weight excluding hydrogens is 281 g/mol. The van der Waals surface area contributed by atoms with Crippen molar-refractivity contribution in [3.05, 3.63) is 64.5 Å². The summed E-state index contributed by atoms with van der Waals surface area (Å²) < 4.78 is 65.9. The van der Waals surface area contributed by atoms with Crippen LogP contribution in [0.25, 0.3) is 0 Å². The zero-order valence-corrected chi connectivity index (χ0v) is 9.68. The molecule has 104 valence electrons. The Hall–Kier alpha value is -2.44. The Kier molecular flexibility index (Phi) is 3.44. The standard InChI is InChI=1S/C13H6F5NO/c14-7-3-10(17)9(16)1-5(7)13(20)6-2-11(18)12(19)4-8(6)15/h1-4H,19H2. The van der Waals surface area contributed by atoms with E-state index >= 15 is 0 Å². The molecule has 0 fully saturated rings. The predicted molar refractivity (Wildman–Crippen MR) is 60.5 cm³/mol. The average Bonchev–Trinajstić information content (AvgIpc) is 2.37. The molecule has 2 nitrogen and oxygen atoms in total. The minimum absolute atomic E-state index is 0.147. The third kappa shape index (κ3) is 2.34. The molecule has 2 rings (SSSR count). The lowest BCUT2D eigenvalue weighted by molar-refractivity contribution is 0.103. The summed E-state index contributed by atoms with van der Waals surface area (Å²) in [5.41, 5.74) is 2.81. The summed E-state index contributed by atoms with van der Waals surface area (Å²) in [6, 6.07) is 1.43. The summed E-state index contributed by atoms with van der Waals surface area (Å²) in [7, 11) is 0. The second kappa shape index (κ2) is 4.92. The van der Waals surface area contributed by atoms with E-state index in [1.165, 1.54) is 0 Å². The third-order valence-electron chi connectivity index (χ3n) is 2.59. The van der Waals surface area contributed by atoms with Gasteiger partial charge in [0.2, 0.25) is 0 Å². The molecule has 2 aromatic rings. The van der Waals surface area contributed by atoms with Gasteiger partial charge in [-0.15, -0.1) is 0 Å². The highest BCUT2D eigenvalue weighted by atomic mass is 19.2. The van der Waals surface area contributed by atoms with Crippen LogP contribution < -0.4 is 5.73 Å². The first-order chi connectivity index (χ1) is 9.31. The van der Waals surface area contributed by atoms with Crippen molar-refractivity contribution in [2.75, 3.05) is 5.73 Å². The van der Waals surface area contributed by atoms with Crippen LogP contribution in [0.2, 0.25) is 0 Å². The summed E-state index contributed by atoms with van der Waals surface area (Å²) in [6.07, 6.45) is 0. The van der Waals surface area contributed by atoms with Gasteiger partial charge in [-0.3, -0.25) is 4.79 Å². The maximum Gasteiger partial charge on any atom is 0.199 e. The molecule has 0 aliphatic rings. The average molecular weight is 287 g/mol. The smallest absolute Gasteiger partial charge is 0.199 e. The topological polar surface area (TPSA) is 43.1 Å². The van der Waals surface area contributed by atoms with Gasteiger partial charge >= 0.3 is 0 Å². The van der Waals surface area contributed by atoms with Crippen molar-refractivity contribution in [2.24, 2.45) is 0 Å². The maximum atomic E-state index is 13.5. The Morgan fingerprint density at radius 1 is 0.700 bits per heavy atom. The molecule has 0 radical (unpaired) electrons. The van der Waals surface area contributed by atoms with Crippen molar-refractivity contribution < 1.29 is 26.7 Å². The van der Waals surface area contributed by atoms with Crippen molar-refractivity contribution in [2.45, 2.75) is 0 Å². The second-order valence-corrected chi connectivity index (χ2v) is 3.93. The molecule has 2 N–H and O–H groups in total. The Morgan fingerprint density at radius 2 is 1.15 bits per heavy atom. The summed E-state index contributed by atoms with van der Waals surface area (Å²) in [5, 5.41) is 0. The van der Waals surface area contributed by atoms with Gasteiger partial charge in [0, 0.05) is 12.1 Å². The van der Waals surface area contributed by atoms with Crippen LogP contribution in [0, 0.1) is 29.1 Å². The lowest BCUT2D eigenvalue weighted by atomic mass is 10.0. The van der Waals surface area contributed by atoms with Crippen LogP contribution in [0.15, 0.2) is 24.3 Å². The van der Waals surface area contributed by atoms with Crippen molar-refractivity contribution in [1.82, 2.24) is 0 Å². The number of rotatable bonds is 2. The first-order valence-corrected chi connectivity index (χ1v) is 5.25. The van der Waals surface area contributed by atoms with Crippen LogP contribution >= 0.6 is 0 Å². The van der Waals surface area contributed by atoms with Gasteiger partial charge in [0.1, 0.15) is 17.5 Å². The first kappa shape index (κ1) is 14.0. The molecular formula is C13H6F5NO. The SMILES string of the molecule is Nc1cc(F)c(C(=O)c2cc(F)c(F)cc2F)cc1F. The van der Waals surface area contributed by atoms with Crippen LogP contribution in [0.1, 0.15) is 15.9 Å². The lowest BCUT2D eigenvalue weighted by Crippen LogP contribution is -2.10. The van der Waals surface area contributed by atoms with Crippen LogP contribution in [-0.4, -0.2) is 5.78 Å². The fourth-order valence-electron chi connectivity index (χ4n) is 1.58. The highest BCUT2D eigenvalue weighted by Gasteiger charge is 2.21. The highest BCUT2D eigenvalue weighted by Crippen LogP contribution is 2.22. The molecule has 0 heterocycles. The number of nitrogens with two attached hydrogens (primary N) is 1. The van der Waals surface area contributed by atoms with E-state index in [4.69, 9.17) is 5.73 Å². The van der Waals surface area contributed by atoms with Crippen molar-refractivity contribution in [3.63, 3.8) is 0 Å². The number of carbonyl (C=O) groups excluding carboxylic acids is 1. The summed E-state index contributed by atoms with van der Waals surface area (Å²) in [5.74, 6) is -7.96. The van der Waals surface area contributed by atoms with Crippen molar-refractivity contribution in [3.8, 4) is 0 Å². The number of halogens is 5. The molecule has 0 aliphatic heterocycles. The van der Waals surface area contributed by atoms with E-state index in [9.17, 15) is 26.7 Å². The van der Waals surface area contributed by atoms with E-state index in [0.717, 1.165) is 0 Å². The molecule has 0 atom stereocenters. The molecule has 0 spiro atoms. The summed E-state index contributed by atoms with van der Waals surface area (Å²) in [4.78, 5) is 11.8. The molecule has 0 unspecified atom stereocenters. The summed E-state index contributed by atoms with van der Waals surface area (Å²) >= 11 is 0. The van der Waals surface area contributed by atoms with E-state index in [-0.39, 0.29) is 12.1 Å². The molecule has 0 saturated heterocycles. The first-order valence-electron chi connectivity index (χ1n) is 5.25. The molecule has 20 heavy (non-hydrogen) atoms. The Balaban J connectivity index is 2.57. The van der Waals surface area contributed by atoms with Gasteiger partial charge in [0.15, 0.2) is 17.4 Å².